The molecule has 1 saturated heterocycles. The zero-order valence-electron chi connectivity index (χ0n) is 33.4. The van der Waals surface area contributed by atoms with Crippen LogP contribution in [0.5, 0.6) is 23.0 Å². The van der Waals surface area contributed by atoms with E-state index in [1.165, 1.54) is 0 Å². The molecule has 1 aliphatic rings. The third-order valence-corrected chi connectivity index (χ3v) is 8.91. The van der Waals surface area contributed by atoms with E-state index in [-0.39, 0.29) is 31.5 Å². The van der Waals surface area contributed by atoms with Gasteiger partial charge in [-0.05, 0) is 126 Å². The molecule has 2 aromatic heterocycles. The summed E-state index contributed by atoms with van der Waals surface area (Å²) in [5, 5.41) is 27.2. The van der Waals surface area contributed by atoms with Gasteiger partial charge in [0.1, 0.15) is 48.4 Å². The Morgan fingerprint density at radius 1 is 0.695 bits per heavy atom. The first-order valence-electron chi connectivity index (χ1n) is 18.9. The molecule has 0 amide bonds. The van der Waals surface area contributed by atoms with Crippen LogP contribution in [0.25, 0.3) is 45.7 Å². The lowest BCUT2D eigenvalue weighted by molar-refractivity contribution is -0.141. The fourth-order valence-corrected chi connectivity index (χ4v) is 6.01. The van der Waals surface area contributed by atoms with Crippen LogP contribution in [0.4, 0.5) is 0 Å². The number of aliphatic hydroxyl groups is 2. The zero-order valence-corrected chi connectivity index (χ0v) is 34.9. The van der Waals surface area contributed by atoms with Gasteiger partial charge in [0.05, 0.1) is 35.5 Å². The summed E-state index contributed by atoms with van der Waals surface area (Å²) in [6, 6.07) is 25.2. The van der Waals surface area contributed by atoms with E-state index in [1.54, 1.807) is 48.5 Å². The van der Waals surface area contributed by atoms with E-state index >= 15 is 0 Å². The molecule has 2 N–H and O–H groups in total. The third kappa shape index (κ3) is 12.2. The monoisotopic (exact) mass is 848 g/mol. The lowest BCUT2D eigenvalue weighted by atomic mass is 10.2. The molecule has 1 aliphatic heterocycles. The van der Waals surface area contributed by atoms with Crippen LogP contribution in [0.3, 0.4) is 0 Å². The number of aromatic nitrogens is 4. The van der Waals surface area contributed by atoms with Crippen molar-refractivity contribution in [2.45, 2.75) is 71.7 Å². The lowest BCUT2D eigenvalue weighted by Crippen LogP contribution is -2.25. The summed E-state index contributed by atoms with van der Waals surface area (Å²) in [5.74, 6) is 3.59. The summed E-state index contributed by atoms with van der Waals surface area (Å²) in [5.41, 5.74) is 2.98. The maximum Gasteiger partial charge on any atom is 0.258 e. The minimum atomic E-state index is -0.915. The van der Waals surface area contributed by atoms with Crippen molar-refractivity contribution in [3.05, 3.63) is 95.0 Å². The molecule has 6 aromatic rings. The van der Waals surface area contributed by atoms with Crippen LogP contribution in [-0.2, 0) is 9.47 Å². The van der Waals surface area contributed by atoms with E-state index in [0.717, 1.165) is 22.4 Å². The second-order valence-electron chi connectivity index (χ2n) is 14.4. The molecule has 59 heavy (non-hydrogen) atoms. The maximum absolute atomic E-state index is 9.32. The second-order valence-corrected chi connectivity index (χ2v) is 15.2. The number of hydrogen-bond acceptors (Lipinski definition) is 14. The predicted octanol–water partition coefficient (Wildman–Crippen LogP) is 8.95. The predicted molar refractivity (Wildman–Crippen MR) is 221 cm³/mol. The van der Waals surface area contributed by atoms with E-state index < -0.39 is 11.9 Å². The van der Waals surface area contributed by atoms with E-state index in [2.05, 4.69) is 20.3 Å². The molecule has 1 fully saturated rings. The van der Waals surface area contributed by atoms with Crippen molar-refractivity contribution in [1.82, 2.24) is 20.3 Å². The molecule has 3 heterocycles. The molecule has 7 rings (SSSR count). The molecule has 0 bridgehead atoms. The average molecular weight is 850 g/mol. The fourth-order valence-electron chi connectivity index (χ4n) is 5.56. The molecule has 1 unspecified atom stereocenters. The van der Waals surface area contributed by atoms with Gasteiger partial charge < -0.3 is 47.7 Å². The van der Waals surface area contributed by atoms with Crippen LogP contribution >= 0.6 is 23.2 Å². The van der Waals surface area contributed by atoms with Crippen LogP contribution in [0, 0.1) is 0 Å². The molecular weight excluding hydrogens is 803 g/mol. The number of aliphatic hydroxyl groups excluding tert-OH is 2. The Morgan fingerprint density at radius 3 is 1.56 bits per heavy atom. The molecule has 312 valence electrons. The minimum absolute atomic E-state index is 0.0117. The van der Waals surface area contributed by atoms with E-state index in [4.69, 9.17) is 65.8 Å². The summed E-state index contributed by atoms with van der Waals surface area (Å²) in [7, 11) is 0. The number of ether oxygens (including phenoxy) is 6. The summed E-state index contributed by atoms with van der Waals surface area (Å²) < 4.78 is 44.5. The van der Waals surface area contributed by atoms with Crippen molar-refractivity contribution in [3.8, 4) is 68.7 Å². The van der Waals surface area contributed by atoms with Gasteiger partial charge in [-0.3, -0.25) is 0 Å². The fraction of sp³-hybridized carbons (Fsp3) is 0.349. The van der Waals surface area contributed by atoms with E-state index in [1.807, 2.05) is 77.9 Å². The Labute approximate surface area is 351 Å². The summed E-state index contributed by atoms with van der Waals surface area (Å²) in [6.07, 6.45) is -0.934. The summed E-state index contributed by atoms with van der Waals surface area (Å²) in [6.45, 7) is 12.1. The van der Waals surface area contributed by atoms with Crippen LogP contribution in [0.2, 0.25) is 10.0 Å². The number of halogens is 2. The highest BCUT2D eigenvalue weighted by molar-refractivity contribution is 6.32. The normalized spacial score (nSPS) is 15.2. The largest absolute Gasteiger partial charge is 0.491 e. The Bertz CT molecular complexity index is 2260. The van der Waals surface area contributed by atoms with Crippen LogP contribution in [0.1, 0.15) is 41.5 Å². The SMILES string of the molecule is CC(C)Oc1ccc(-c2noc(-c3ccc(OCC4COC(C)(C)O4)cc3)n2)cc1Cl.CC(C)Oc1ccc(-c2noc(-c3ccc(OC[C@@H](O)CO)cc3)n2)cc1Cl. The van der Waals surface area contributed by atoms with Crippen LogP contribution < -0.4 is 18.9 Å². The van der Waals surface area contributed by atoms with Gasteiger partial charge in [-0.15, -0.1) is 0 Å². The molecule has 0 spiro atoms. The zero-order chi connectivity index (χ0) is 42.1. The van der Waals surface area contributed by atoms with Crippen LogP contribution in [-0.4, -0.2) is 87.1 Å². The highest BCUT2D eigenvalue weighted by atomic mass is 35.5. The molecular formula is C43H46Cl2N4O10. The van der Waals surface area contributed by atoms with Crippen molar-refractivity contribution in [1.29, 1.82) is 0 Å². The Morgan fingerprint density at radius 2 is 1.15 bits per heavy atom. The smallest absolute Gasteiger partial charge is 0.258 e. The van der Waals surface area contributed by atoms with Gasteiger partial charge in [0.25, 0.3) is 11.8 Å². The first kappa shape index (κ1) is 43.4. The van der Waals surface area contributed by atoms with Gasteiger partial charge in [0.2, 0.25) is 11.6 Å². The number of hydrogen-bond donors (Lipinski definition) is 2. The second kappa shape index (κ2) is 19.7. The summed E-state index contributed by atoms with van der Waals surface area (Å²) in [4.78, 5) is 8.89. The maximum atomic E-state index is 9.32. The lowest BCUT2D eigenvalue weighted by Gasteiger charge is -2.17. The van der Waals surface area contributed by atoms with Crippen molar-refractivity contribution < 1.29 is 47.7 Å². The quantitative estimate of drug-likeness (QED) is 0.100. The van der Waals surface area contributed by atoms with Crippen molar-refractivity contribution >= 4 is 23.2 Å². The molecule has 4 aromatic carbocycles. The molecule has 0 radical (unpaired) electrons. The number of benzene rings is 4. The Hall–Kier alpha value is -5.22. The Kier molecular flexibility index (Phi) is 14.5. The highest BCUT2D eigenvalue weighted by Gasteiger charge is 2.33. The van der Waals surface area contributed by atoms with Gasteiger partial charge >= 0.3 is 0 Å². The van der Waals surface area contributed by atoms with E-state index in [9.17, 15) is 5.11 Å². The topological polar surface area (TPSA) is 174 Å². The first-order valence-corrected chi connectivity index (χ1v) is 19.7. The molecule has 16 heteroatoms. The van der Waals surface area contributed by atoms with Crippen LogP contribution in [0.15, 0.2) is 94.0 Å². The average Bonchev–Trinajstić information content (AvgIpc) is 3.99. The highest BCUT2D eigenvalue weighted by Crippen LogP contribution is 2.33. The molecule has 0 saturated carbocycles. The summed E-state index contributed by atoms with van der Waals surface area (Å²) >= 11 is 12.6. The van der Waals surface area contributed by atoms with Gasteiger partial charge in [-0.25, -0.2) is 0 Å². The minimum Gasteiger partial charge on any atom is -0.491 e. The Balaban J connectivity index is 0.000000199. The number of rotatable bonds is 15. The van der Waals surface area contributed by atoms with Crippen molar-refractivity contribution in [3.63, 3.8) is 0 Å². The standard InChI is InChI=1S/C23H25ClN2O5.C20H21ClN2O5/c1-14(2)29-20-10-7-16(11-19(20)24)21-25-22(31-26-21)15-5-8-17(9-6-15)27-12-18-13-28-23(3,4)30-18;1-12(2)27-18-8-5-14(9-17(18)21)19-22-20(28-23-19)13-3-6-16(7-4-13)26-11-15(25)10-24/h5-11,14,18H,12-13H2,1-4H3;3-9,12,15,24-25H,10-11H2,1-2H3/t;15-/m.0/s1. The van der Waals surface area contributed by atoms with Gasteiger partial charge in [0.15, 0.2) is 5.79 Å². The van der Waals surface area contributed by atoms with Gasteiger partial charge in [-0.2, -0.15) is 9.97 Å². The van der Waals surface area contributed by atoms with Crippen molar-refractivity contribution in [2.75, 3.05) is 26.4 Å². The van der Waals surface area contributed by atoms with Gasteiger partial charge in [-0.1, -0.05) is 33.5 Å². The number of nitrogens with zero attached hydrogens (tertiary/aromatic N) is 4. The first-order chi connectivity index (χ1) is 28.2. The third-order valence-electron chi connectivity index (χ3n) is 8.32. The van der Waals surface area contributed by atoms with E-state index in [0.29, 0.717) is 69.5 Å². The molecule has 0 aliphatic carbocycles. The van der Waals surface area contributed by atoms with Crippen molar-refractivity contribution in [2.24, 2.45) is 0 Å². The molecule has 2 atom stereocenters. The molecule has 14 nitrogen and oxygen atoms in total. The van der Waals surface area contributed by atoms with Gasteiger partial charge in [0, 0.05) is 22.3 Å².